The molecule has 0 radical (unpaired) electrons. The van der Waals surface area contributed by atoms with Gasteiger partial charge in [0.1, 0.15) is 0 Å². The van der Waals surface area contributed by atoms with Crippen molar-refractivity contribution >= 4 is 0 Å². The highest BCUT2D eigenvalue weighted by atomic mass is 15.1. The van der Waals surface area contributed by atoms with Gasteiger partial charge < -0.3 is 10.2 Å². The molecule has 1 saturated carbocycles. The number of likely N-dealkylation sites (tertiary alicyclic amines) is 1. The van der Waals surface area contributed by atoms with Gasteiger partial charge in [0, 0.05) is 6.04 Å². The first kappa shape index (κ1) is 14.3. The van der Waals surface area contributed by atoms with Gasteiger partial charge in [-0.05, 0) is 76.0 Å². The Morgan fingerprint density at radius 2 is 1.83 bits per heavy atom. The molecule has 0 amide bonds. The molecule has 0 bridgehead atoms. The van der Waals surface area contributed by atoms with Crippen LogP contribution in [0.15, 0.2) is 0 Å². The molecule has 106 valence electrons. The largest absolute Gasteiger partial charge is 0.314 e. The van der Waals surface area contributed by atoms with Crippen LogP contribution < -0.4 is 5.32 Å². The molecule has 1 aliphatic carbocycles. The second-order valence-electron chi connectivity index (χ2n) is 7.42. The molecule has 1 unspecified atom stereocenters. The van der Waals surface area contributed by atoms with E-state index in [9.17, 15) is 0 Å². The van der Waals surface area contributed by atoms with Crippen LogP contribution in [0, 0.1) is 11.3 Å². The zero-order valence-corrected chi connectivity index (χ0v) is 12.7. The van der Waals surface area contributed by atoms with Crippen molar-refractivity contribution in [3.63, 3.8) is 0 Å². The molecule has 0 aromatic rings. The Balaban J connectivity index is 1.61. The average Bonchev–Trinajstić information content (AvgIpc) is 3.10. The lowest BCUT2D eigenvalue weighted by Crippen LogP contribution is -2.29. The fourth-order valence-electron chi connectivity index (χ4n) is 3.14. The van der Waals surface area contributed by atoms with E-state index >= 15 is 0 Å². The SMILES string of the molecule is CC(C)(C)C1CCCN(CCCNC2CC2)CC1. The molecule has 0 aromatic carbocycles. The normalized spacial score (nSPS) is 27.2. The highest BCUT2D eigenvalue weighted by molar-refractivity contribution is 4.81. The molecule has 1 aliphatic heterocycles. The summed E-state index contributed by atoms with van der Waals surface area (Å²) in [5, 5.41) is 3.62. The van der Waals surface area contributed by atoms with Crippen LogP contribution in [-0.4, -0.2) is 37.1 Å². The zero-order chi connectivity index (χ0) is 13.0. The lowest BCUT2D eigenvalue weighted by molar-refractivity contribution is 0.207. The van der Waals surface area contributed by atoms with E-state index in [1.54, 1.807) is 0 Å². The first-order valence-electron chi connectivity index (χ1n) is 8.01. The van der Waals surface area contributed by atoms with Gasteiger partial charge in [0.2, 0.25) is 0 Å². The predicted molar refractivity (Wildman–Crippen MR) is 78.9 cm³/mol. The fourth-order valence-corrected chi connectivity index (χ4v) is 3.14. The Kier molecular flexibility index (Phi) is 5.08. The Hall–Kier alpha value is -0.0800. The lowest BCUT2D eigenvalue weighted by Gasteiger charge is -2.29. The molecule has 1 atom stereocenters. The Bertz CT molecular complexity index is 240. The molecule has 2 aliphatic rings. The van der Waals surface area contributed by atoms with Crippen LogP contribution in [0.1, 0.15) is 59.3 Å². The fraction of sp³-hybridized carbons (Fsp3) is 1.00. The van der Waals surface area contributed by atoms with Crippen LogP contribution in [0.5, 0.6) is 0 Å². The average molecular weight is 252 g/mol. The highest BCUT2D eigenvalue weighted by Gasteiger charge is 2.26. The standard InChI is InChI=1S/C16H32N2/c1-16(2,3)14-6-4-11-18(13-9-14)12-5-10-17-15-7-8-15/h14-15,17H,4-13H2,1-3H3. The van der Waals surface area contributed by atoms with Crippen LogP contribution in [0.3, 0.4) is 0 Å². The van der Waals surface area contributed by atoms with E-state index < -0.39 is 0 Å². The quantitative estimate of drug-likeness (QED) is 0.755. The number of hydrogen-bond donors (Lipinski definition) is 1. The van der Waals surface area contributed by atoms with E-state index in [0.717, 1.165) is 12.0 Å². The molecule has 1 saturated heterocycles. The summed E-state index contributed by atoms with van der Waals surface area (Å²) < 4.78 is 0. The summed E-state index contributed by atoms with van der Waals surface area (Å²) in [7, 11) is 0. The minimum Gasteiger partial charge on any atom is -0.314 e. The lowest BCUT2D eigenvalue weighted by atomic mass is 9.77. The summed E-state index contributed by atoms with van der Waals surface area (Å²) in [6.07, 6.45) is 8.39. The molecule has 2 fully saturated rings. The van der Waals surface area contributed by atoms with E-state index in [2.05, 4.69) is 31.0 Å². The Labute approximate surface area is 114 Å². The number of nitrogens with one attached hydrogen (secondary N) is 1. The maximum Gasteiger partial charge on any atom is 0.00682 e. The van der Waals surface area contributed by atoms with Crippen LogP contribution in [-0.2, 0) is 0 Å². The smallest absolute Gasteiger partial charge is 0.00682 e. The number of nitrogens with zero attached hydrogens (tertiary/aromatic N) is 1. The van der Waals surface area contributed by atoms with Gasteiger partial charge >= 0.3 is 0 Å². The molecule has 0 aromatic heterocycles. The molecular weight excluding hydrogens is 220 g/mol. The second-order valence-corrected chi connectivity index (χ2v) is 7.42. The third-order valence-electron chi connectivity index (χ3n) is 4.71. The van der Waals surface area contributed by atoms with Crippen LogP contribution in [0.25, 0.3) is 0 Å². The van der Waals surface area contributed by atoms with Crippen molar-refractivity contribution in [1.29, 1.82) is 0 Å². The van der Waals surface area contributed by atoms with E-state index in [1.807, 2.05) is 0 Å². The predicted octanol–water partition coefficient (Wildman–Crippen LogP) is 3.28. The Morgan fingerprint density at radius 3 is 2.50 bits per heavy atom. The van der Waals surface area contributed by atoms with Gasteiger partial charge in [-0.15, -0.1) is 0 Å². The molecule has 18 heavy (non-hydrogen) atoms. The van der Waals surface area contributed by atoms with Crippen molar-refractivity contribution < 1.29 is 0 Å². The number of hydrogen-bond acceptors (Lipinski definition) is 2. The van der Waals surface area contributed by atoms with E-state index in [-0.39, 0.29) is 0 Å². The maximum absolute atomic E-state index is 3.62. The van der Waals surface area contributed by atoms with Gasteiger partial charge in [0.25, 0.3) is 0 Å². The molecule has 2 heteroatoms. The summed E-state index contributed by atoms with van der Waals surface area (Å²) >= 11 is 0. The third kappa shape index (κ3) is 4.89. The van der Waals surface area contributed by atoms with Crippen molar-refractivity contribution in [1.82, 2.24) is 10.2 Å². The third-order valence-corrected chi connectivity index (χ3v) is 4.71. The number of rotatable bonds is 5. The Morgan fingerprint density at radius 1 is 1.06 bits per heavy atom. The topological polar surface area (TPSA) is 15.3 Å². The van der Waals surface area contributed by atoms with Crippen molar-refractivity contribution in [2.75, 3.05) is 26.2 Å². The van der Waals surface area contributed by atoms with Crippen molar-refractivity contribution in [3.8, 4) is 0 Å². The van der Waals surface area contributed by atoms with Crippen molar-refractivity contribution in [3.05, 3.63) is 0 Å². The summed E-state index contributed by atoms with van der Waals surface area (Å²) in [5.41, 5.74) is 0.504. The van der Waals surface area contributed by atoms with E-state index in [4.69, 9.17) is 0 Å². The minimum absolute atomic E-state index is 0.504. The molecule has 0 spiro atoms. The van der Waals surface area contributed by atoms with Crippen LogP contribution >= 0.6 is 0 Å². The molecule has 2 rings (SSSR count). The minimum atomic E-state index is 0.504. The van der Waals surface area contributed by atoms with Gasteiger partial charge in [-0.1, -0.05) is 20.8 Å². The maximum atomic E-state index is 3.62. The van der Waals surface area contributed by atoms with Gasteiger partial charge in [0.05, 0.1) is 0 Å². The highest BCUT2D eigenvalue weighted by Crippen LogP contribution is 2.34. The first-order valence-corrected chi connectivity index (χ1v) is 8.01. The summed E-state index contributed by atoms with van der Waals surface area (Å²) in [4.78, 5) is 2.69. The summed E-state index contributed by atoms with van der Waals surface area (Å²) in [5.74, 6) is 0.923. The van der Waals surface area contributed by atoms with Crippen LogP contribution in [0.4, 0.5) is 0 Å². The van der Waals surface area contributed by atoms with Crippen molar-refractivity contribution in [2.45, 2.75) is 65.3 Å². The summed E-state index contributed by atoms with van der Waals surface area (Å²) in [6, 6.07) is 0.874. The first-order chi connectivity index (χ1) is 8.55. The molecule has 1 N–H and O–H groups in total. The second kappa shape index (κ2) is 6.38. The van der Waals surface area contributed by atoms with Gasteiger partial charge in [-0.2, -0.15) is 0 Å². The van der Waals surface area contributed by atoms with Crippen molar-refractivity contribution in [2.24, 2.45) is 11.3 Å². The molecule has 1 heterocycles. The van der Waals surface area contributed by atoms with E-state index in [0.29, 0.717) is 5.41 Å². The summed E-state index contributed by atoms with van der Waals surface area (Å²) in [6.45, 7) is 12.4. The van der Waals surface area contributed by atoms with Crippen LogP contribution in [0.2, 0.25) is 0 Å². The van der Waals surface area contributed by atoms with E-state index in [1.165, 1.54) is 64.7 Å². The monoisotopic (exact) mass is 252 g/mol. The van der Waals surface area contributed by atoms with Gasteiger partial charge in [-0.25, -0.2) is 0 Å². The zero-order valence-electron chi connectivity index (χ0n) is 12.7. The van der Waals surface area contributed by atoms with Gasteiger partial charge in [0.15, 0.2) is 0 Å². The molecular formula is C16H32N2. The van der Waals surface area contributed by atoms with Gasteiger partial charge in [-0.3, -0.25) is 0 Å². The molecule has 2 nitrogen and oxygen atoms in total.